The van der Waals surface area contributed by atoms with Crippen LogP contribution in [0, 0.1) is 0 Å². The van der Waals surface area contributed by atoms with Crippen LogP contribution in [0.2, 0.25) is 0 Å². The van der Waals surface area contributed by atoms with E-state index in [0.717, 1.165) is 24.3 Å². The Bertz CT molecular complexity index is 748. The van der Waals surface area contributed by atoms with Crippen LogP contribution in [0.25, 0.3) is 0 Å². The summed E-state index contributed by atoms with van der Waals surface area (Å²) in [5.74, 6) is -0.369. The summed E-state index contributed by atoms with van der Waals surface area (Å²) in [6, 6.07) is 9.03. The van der Waals surface area contributed by atoms with Gasteiger partial charge in [0.1, 0.15) is 0 Å². The summed E-state index contributed by atoms with van der Waals surface area (Å²) in [6.45, 7) is 2.66. The van der Waals surface area contributed by atoms with Gasteiger partial charge in [0.15, 0.2) is 5.78 Å². The maximum Gasteiger partial charge on any atom is 0.416 e. The fourth-order valence-electron chi connectivity index (χ4n) is 1.89. The van der Waals surface area contributed by atoms with Crippen molar-refractivity contribution in [2.45, 2.75) is 32.3 Å². The van der Waals surface area contributed by atoms with Gasteiger partial charge in [0.2, 0.25) is 0 Å². The van der Waals surface area contributed by atoms with Gasteiger partial charge in [0.25, 0.3) is 0 Å². The molecule has 1 N–H and O–H groups in total. The van der Waals surface area contributed by atoms with Crippen molar-refractivity contribution in [2.75, 3.05) is 0 Å². The van der Waals surface area contributed by atoms with E-state index in [1.54, 1.807) is 0 Å². The van der Waals surface area contributed by atoms with Crippen molar-refractivity contribution in [3.63, 3.8) is 0 Å². The summed E-state index contributed by atoms with van der Waals surface area (Å²) in [5.41, 5.74) is -1.17. The van der Waals surface area contributed by atoms with Crippen LogP contribution in [0.15, 0.2) is 48.5 Å². The first kappa shape index (κ1) is 21.7. The molecule has 0 spiro atoms. The van der Waals surface area contributed by atoms with E-state index in [4.69, 9.17) is 5.11 Å². The number of aliphatic hydroxyl groups excluding tert-OH is 1. The Morgan fingerprint density at radius 2 is 1.35 bits per heavy atom. The van der Waals surface area contributed by atoms with Gasteiger partial charge in [0, 0.05) is 5.56 Å². The first-order valence-corrected chi connectivity index (χ1v) is 7.35. The molecule has 0 aliphatic heterocycles. The predicted octanol–water partition coefficient (Wildman–Crippen LogP) is 5.67. The average Bonchev–Trinajstić information content (AvgIpc) is 2.54. The maximum atomic E-state index is 12.1. The highest BCUT2D eigenvalue weighted by Crippen LogP contribution is 2.31. The number of hydrogen-bond acceptors (Lipinski definition) is 2. The van der Waals surface area contributed by atoms with Crippen molar-refractivity contribution in [1.29, 1.82) is 0 Å². The molecule has 0 amide bonds. The third-order valence-corrected chi connectivity index (χ3v) is 3.29. The van der Waals surface area contributed by atoms with Crippen LogP contribution >= 0.6 is 0 Å². The summed E-state index contributed by atoms with van der Waals surface area (Å²) in [6.07, 6.45) is -9.60. The Morgan fingerprint density at radius 3 is 1.77 bits per heavy atom. The van der Waals surface area contributed by atoms with Gasteiger partial charge in [-0.25, -0.2) is 0 Å². The molecule has 1 unspecified atom stereocenters. The predicted molar refractivity (Wildman–Crippen MR) is 83.5 cm³/mol. The lowest BCUT2D eigenvalue weighted by Crippen LogP contribution is -2.06. The SMILES string of the molecule is CC(=O)c1cccc(C(F)(F)F)c1.CC(O)c1cccc(C(F)(F)F)c1. The lowest BCUT2D eigenvalue weighted by Gasteiger charge is -2.09. The Kier molecular flexibility index (Phi) is 6.97. The molecule has 8 heteroatoms. The number of carbonyl (C=O) groups is 1. The number of benzene rings is 2. The number of rotatable bonds is 2. The lowest BCUT2D eigenvalue weighted by molar-refractivity contribution is -0.138. The zero-order chi connectivity index (χ0) is 20.1. The van der Waals surface area contributed by atoms with Gasteiger partial charge in [-0.3, -0.25) is 4.79 Å². The van der Waals surface area contributed by atoms with E-state index in [9.17, 15) is 31.1 Å². The van der Waals surface area contributed by atoms with Crippen molar-refractivity contribution < 1.29 is 36.2 Å². The molecule has 26 heavy (non-hydrogen) atoms. The summed E-state index contributed by atoms with van der Waals surface area (Å²) in [4.78, 5) is 10.8. The quantitative estimate of drug-likeness (QED) is 0.540. The lowest BCUT2D eigenvalue weighted by atomic mass is 10.1. The second-order valence-corrected chi connectivity index (χ2v) is 5.43. The maximum absolute atomic E-state index is 12.1. The number of hydrogen-bond donors (Lipinski definition) is 1. The Morgan fingerprint density at radius 1 is 0.885 bits per heavy atom. The fourth-order valence-corrected chi connectivity index (χ4v) is 1.89. The molecule has 0 fully saturated rings. The normalized spacial score (nSPS) is 12.8. The third-order valence-electron chi connectivity index (χ3n) is 3.29. The summed E-state index contributed by atoms with van der Waals surface area (Å²) in [7, 11) is 0. The minimum Gasteiger partial charge on any atom is -0.389 e. The molecule has 2 nitrogen and oxygen atoms in total. The standard InChI is InChI=1S/C9H9F3O.C9H7F3O/c2*1-6(13)7-3-2-4-8(5-7)9(10,11)12/h2-6,13H,1H3;2-5H,1H3. The van der Waals surface area contributed by atoms with E-state index in [1.807, 2.05) is 0 Å². The van der Waals surface area contributed by atoms with Crippen LogP contribution in [0.5, 0.6) is 0 Å². The van der Waals surface area contributed by atoms with Crippen LogP contribution in [0.3, 0.4) is 0 Å². The van der Waals surface area contributed by atoms with Gasteiger partial charge < -0.3 is 5.11 Å². The van der Waals surface area contributed by atoms with E-state index >= 15 is 0 Å². The van der Waals surface area contributed by atoms with Gasteiger partial charge in [0.05, 0.1) is 17.2 Å². The molecule has 1 atom stereocenters. The van der Waals surface area contributed by atoms with Crippen LogP contribution in [-0.4, -0.2) is 10.9 Å². The molecule has 0 aliphatic carbocycles. The highest BCUT2D eigenvalue weighted by Gasteiger charge is 2.31. The van der Waals surface area contributed by atoms with Crippen molar-refractivity contribution in [1.82, 2.24) is 0 Å². The van der Waals surface area contributed by atoms with E-state index in [-0.39, 0.29) is 16.9 Å². The highest BCUT2D eigenvalue weighted by atomic mass is 19.4. The smallest absolute Gasteiger partial charge is 0.389 e. The van der Waals surface area contributed by atoms with Gasteiger partial charge in [-0.1, -0.05) is 24.3 Å². The molecule has 0 bridgehead atoms. The molecule has 0 saturated heterocycles. The monoisotopic (exact) mass is 378 g/mol. The second-order valence-electron chi connectivity index (χ2n) is 5.43. The highest BCUT2D eigenvalue weighted by molar-refractivity contribution is 5.94. The molecule has 0 aliphatic rings. The molecule has 0 heterocycles. The average molecular weight is 378 g/mol. The molecule has 0 saturated carbocycles. The molecule has 0 aromatic heterocycles. The molecule has 0 radical (unpaired) electrons. The van der Waals surface area contributed by atoms with E-state index in [0.29, 0.717) is 0 Å². The Labute approximate surface area is 146 Å². The van der Waals surface area contributed by atoms with Crippen molar-refractivity contribution in [2.24, 2.45) is 0 Å². The Hall–Kier alpha value is -2.35. The second kappa shape index (κ2) is 8.35. The molecule has 2 aromatic carbocycles. The number of carbonyl (C=O) groups excluding carboxylic acids is 1. The van der Waals surface area contributed by atoms with Crippen LogP contribution in [0.1, 0.15) is 47.0 Å². The minimum absolute atomic E-state index is 0.0785. The van der Waals surface area contributed by atoms with E-state index < -0.39 is 29.6 Å². The number of Topliss-reactive ketones (excluding diaryl/α,β-unsaturated/α-hetero) is 1. The zero-order valence-corrected chi connectivity index (χ0v) is 13.8. The molecular weight excluding hydrogens is 362 g/mol. The van der Waals surface area contributed by atoms with Crippen LogP contribution in [0.4, 0.5) is 26.3 Å². The number of aliphatic hydroxyl groups is 1. The molecule has 142 valence electrons. The molecule has 2 rings (SSSR count). The Balaban J connectivity index is 0.000000260. The van der Waals surface area contributed by atoms with Gasteiger partial charge in [-0.15, -0.1) is 0 Å². The van der Waals surface area contributed by atoms with Gasteiger partial charge in [-0.05, 0) is 43.7 Å². The van der Waals surface area contributed by atoms with Crippen molar-refractivity contribution in [3.8, 4) is 0 Å². The minimum atomic E-state index is -4.38. The fraction of sp³-hybridized carbons (Fsp3) is 0.278. The van der Waals surface area contributed by atoms with Crippen molar-refractivity contribution in [3.05, 3.63) is 70.8 Å². The summed E-state index contributed by atoms with van der Waals surface area (Å²) in [5, 5.41) is 9.05. The summed E-state index contributed by atoms with van der Waals surface area (Å²) >= 11 is 0. The molecule has 2 aromatic rings. The number of alkyl halides is 6. The first-order valence-electron chi connectivity index (χ1n) is 7.35. The van der Waals surface area contributed by atoms with Crippen molar-refractivity contribution >= 4 is 5.78 Å². The van der Waals surface area contributed by atoms with E-state index in [1.165, 1.54) is 38.1 Å². The van der Waals surface area contributed by atoms with Gasteiger partial charge >= 0.3 is 12.4 Å². The first-order chi connectivity index (χ1) is 11.8. The van der Waals surface area contributed by atoms with E-state index in [2.05, 4.69) is 0 Å². The third kappa shape index (κ3) is 6.51. The van der Waals surface area contributed by atoms with Crippen LogP contribution in [-0.2, 0) is 12.4 Å². The zero-order valence-electron chi connectivity index (χ0n) is 13.8. The largest absolute Gasteiger partial charge is 0.416 e. The number of halogens is 6. The number of ketones is 1. The van der Waals surface area contributed by atoms with Crippen LogP contribution < -0.4 is 0 Å². The molecular formula is C18H16F6O2. The summed E-state index contributed by atoms with van der Waals surface area (Å²) < 4.78 is 72.8. The topological polar surface area (TPSA) is 37.3 Å². The van der Waals surface area contributed by atoms with Gasteiger partial charge in [-0.2, -0.15) is 26.3 Å².